The second-order valence-corrected chi connectivity index (χ2v) is 10.7. The van der Waals surface area contributed by atoms with E-state index in [-0.39, 0.29) is 18.5 Å². The van der Waals surface area contributed by atoms with Crippen LogP contribution in [0.4, 0.5) is 8.78 Å². The zero-order valence-corrected chi connectivity index (χ0v) is 20.0. The van der Waals surface area contributed by atoms with Gasteiger partial charge in [0.1, 0.15) is 0 Å². The lowest BCUT2D eigenvalue weighted by Gasteiger charge is -2.42. The van der Waals surface area contributed by atoms with E-state index >= 15 is 0 Å². The zero-order chi connectivity index (χ0) is 23.0. The molecule has 0 spiro atoms. The van der Waals surface area contributed by atoms with Crippen LogP contribution in [0, 0.1) is 35.5 Å². The highest BCUT2D eigenvalue weighted by Gasteiger charge is 2.38. The van der Waals surface area contributed by atoms with Crippen molar-refractivity contribution in [3.05, 3.63) is 24.8 Å². The second-order valence-electron chi connectivity index (χ2n) is 10.7. The molecule has 0 aromatic rings. The minimum absolute atomic E-state index is 0.0933. The summed E-state index contributed by atoms with van der Waals surface area (Å²) in [6.45, 7) is 6.56. The van der Waals surface area contributed by atoms with E-state index in [1.807, 2.05) is 6.08 Å². The molecule has 188 valence electrons. The smallest absolute Gasteiger partial charge is 0.266 e. The largest absolute Gasteiger partial charge is 0.352 e. The fourth-order valence-electron chi connectivity index (χ4n) is 6.35. The van der Waals surface area contributed by atoms with Crippen LogP contribution in [-0.2, 0) is 18.9 Å². The van der Waals surface area contributed by atoms with E-state index in [9.17, 15) is 8.78 Å². The molecule has 4 nitrogen and oxygen atoms in total. The summed E-state index contributed by atoms with van der Waals surface area (Å²) < 4.78 is 48.9. The highest BCUT2D eigenvalue weighted by atomic mass is 19.3. The maximum absolute atomic E-state index is 12.3. The van der Waals surface area contributed by atoms with Crippen molar-refractivity contribution in [1.29, 1.82) is 0 Å². The second kappa shape index (κ2) is 12.8. The van der Waals surface area contributed by atoms with E-state index in [1.54, 1.807) is 0 Å². The maximum atomic E-state index is 12.3. The third-order valence-corrected chi connectivity index (χ3v) is 8.47. The molecule has 4 aliphatic rings. The summed E-state index contributed by atoms with van der Waals surface area (Å²) in [5, 5.41) is 0. The van der Waals surface area contributed by atoms with Crippen LogP contribution in [0.1, 0.15) is 70.6 Å². The first-order valence-electron chi connectivity index (χ1n) is 13.2. The predicted octanol–water partition coefficient (Wildman–Crippen LogP) is 6.71. The van der Waals surface area contributed by atoms with Gasteiger partial charge in [0.05, 0.1) is 32.3 Å². The Hall–Kier alpha value is -0.820. The van der Waals surface area contributed by atoms with E-state index < -0.39 is 6.08 Å². The maximum Gasteiger partial charge on any atom is 0.266 e. The van der Waals surface area contributed by atoms with Gasteiger partial charge in [-0.3, -0.25) is 0 Å². The average molecular weight is 469 g/mol. The number of halogens is 2. The number of rotatable bonds is 8. The SMILES string of the molecule is C=CCCC1COC(C2COC(C3CCC(C4CCC(CC=C(F)F)CC4)CC3)OC2)OC1. The molecular weight excluding hydrogens is 426 g/mol. The molecule has 0 aromatic heterocycles. The van der Waals surface area contributed by atoms with Crippen LogP contribution in [0.5, 0.6) is 0 Å². The minimum atomic E-state index is -1.53. The van der Waals surface area contributed by atoms with Crippen molar-refractivity contribution in [2.45, 2.75) is 83.2 Å². The molecule has 0 atom stereocenters. The summed E-state index contributed by atoms with van der Waals surface area (Å²) >= 11 is 0. The van der Waals surface area contributed by atoms with Crippen LogP contribution < -0.4 is 0 Å². The molecule has 0 N–H and O–H groups in total. The molecule has 0 amide bonds. The third-order valence-electron chi connectivity index (χ3n) is 8.47. The minimum Gasteiger partial charge on any atom is -0.352 e. The fourth-order valence-corrected chi connectivity index (χ4v) is 6.35. The highest BCUT2D eigenvalue weighted by Crippen LogP contribution is 2.43. The van der Waals surface area contributed by atoms with Crippen molar-refractivity contribution in [2.24, 2.45) is 35.5 Å². The molecule has 4 rings (SSSR count). The molecule has 33 heavy (non-hydrogen) atoms. The van der Waals surface area contributed by atoms with Gasteiger partial charge in [0.2, 0.25) is 0 Å². The van der Waals surface area contributed by atoms with Crippen LogP contribution in [0.2, 0.25) is 0 Å². The van der Waals surface area contributed by atoms with Gasteiger partial charge >= 0.3 is 0 Å². The molecule has 2 aliphatic carbocycles. The van der Waals surface area contributed by atoms with E-state index in [0.717, 1.165) is 69.7 Å². The van der Waals surface area contributed by atoms with Crippen LogP contribution in [-0.4, -0.2) is 39.0 Å². The molecular formula is C27H42F2O4. The molecule has 6 heteroatoms. The summed E-state index contributed by atoms with van der Waals surface area (Å²) in [5.74, 6) is 3.09. The Balaban J connectivity index is 1.11. The Morgan fingerprint density at radius 2 is 1.18 bits per heavy atom. The van der Waals surface area contributed by atoms with E-state index in [4.69, 9.17) is 18.9 Å². The molecule has 0 unspecified atom stereocenters. The summed E-state index contributed by atoms with van der Waals surface area (Å²) in [4.78, 5) is 0. The summed E-state index contributed by atoms with van der Waals surface area (Å²) in [6, 6.07) is 0. The molecule has 2 heterocycles. The van der Waals surface area contributed by atoms with Crippen LogP contribution in [0.15, 0.2) is 24.8 Å². The van der Waals surface area contributed by atoms with Crippen molar-refractivity contribution in [3.63, 3.8) is 0 Å². The molecule has 0 bridgehead atoms. The van der Waals surface area contributed by atoms with E-state index in [2.05, 4.69) is 6.58 Å². The van der Waals surface area contributed by atoms with Crippen molar-refractivity contribution < 1.29 is 27.7 Å². The van der Waals surface area contributed by atoms with Gasteiger partial charge in [-0.2, -0.15) is 8.78 Å². The first kappa shape index (κ1) is 25.3. The van der Waals surface area contributed by atoms with Gasteiger partial charge in [0.25, 0.3) is 6.08 Å². The van der Waals surface area contributed by atoms with Crippen LogP contribution in [0.25, 0.3) is 0 Å². The first-order valence-corrected chi connectivity index (χ1v) is 13.2. The van der Waals surface area contributed by atoms with Crippen molar-refractivity contribution in [3.8, 4) is 0 Å². The van der Waals surface area contributed by atoms with Crippen LogP contribution in [0.3, 0.4) is 0 Å². The van der Waals surface area contributed by atoms with Gasteiger partial charge in [0.15, 0.2) is 12.6 Å². The van der Waals surface area contributed by atoms with Crippen molar-refractivity contribution >= 4 is 0 Å². The van der Waals surface area contributed by atoms with Gasteiger partial charge in [-0.25, -0.2) is 0 Å². The number of allylic oxidation sites excluding steroid dienone is 2. The lowest BCUT2D eigenvalue weighted by Crippen LogP contribution is -2.46. The Kier molecular flexibility index (Phi) is 9.77. The zero-order valence-electron chi connectivity index (χ0n) is 20.0. The quantitative estimate of drug-likeness (QED) is 0.371. The third kappa shape index (κ3) is 7.33. The molecule has 0 radical (unpaired) electrons. The van der Waals surface area contributed by atoms with Crippen molar-refractivity contribution in [2.75, 3.05) is 26.4 Å². The average Bonchev–Trinajstić information content (AvgIpc) is 2.87. The number of ether oxygens (including phenoxy) is 4. The highest BCUT2D eigenvalue weighted by molar-refractivity contribution is 4.88. The summed E-state index contributed by atoms with van der Waals surface area (Å²) in [6.07, 6.45) is 13.3. The lowest BCUT2D eigenvalue weighted by atomic mass is 9.68. The molecule has 0 aromatic carbocycles. The standard InChI is InChI=1S/C27H42F2O4/c1-2-3-4-20-15-30-27(31-16-20)24-17-32-26(33-18-24)23-12-10-22(11-13-23)21-8-5-19(6-9-21)7-14-25(28)29/h2,14,19-24,26-27H,1,3-13,15-18H2. The van der Waals surface area contributed by atoms with Gasteiger partial charge in [-0.05, 0) is 94.5 Å². The normalized spacial score (nSPS) is 40.2. The fraction of sp³-hybridized carbons (Fsp3) is 0.852. The topological polar surface area (TPSA) is 36.9 Å². The van der Waals surface area contributed by atoms with Crippen LogP contribution >= 0.6 is 0 Å². The summed E-state index contributed by atoms with van der Waals surface area (Å²) in [5.41, 5.74) is 0. The van der Waals surface area contributed by atoms with E-state index in [0.29, 0.717) is 37.4 Å². The monoisotopic (exact) mass is 468 g/mol. The first-order chi connectivity index (χ1) is 16.1. The Bertz CT molecular complexity index is 606. The van der Waals surface area contributed by atoms with Gasteiger partial charge in [0, 0.05) is 11.8 Å². The van der Waals surface area contributed by atoms with E-state index in [1.165, 1.54) is 25.7 Å². The van der Waals surface area contributed by atoms with Gasteiger partial charge < -0.3 is 18.9 Å². The molecule has 2 saturated carbocycles. The number of hydrogen-bond donors (Lipinski definition) is 0. The predicted molar refractivity (Wildman–Crippen MR) is 124 cm³/mol. The van der Waals surface area contributed by atoms with Gasteiger partial charge in [-0.15, -0.1) is 6.58 Å². The Morgan fingerprint density at radius 1 is 0.667 bits per heavy atom. The van der Waals surface area contributed by atoms with Crippen molar-refractivity contribution in [1.82, 2.24) is 0 Å². The molecule has 2 saturated heterocycles. The lowest BCUT2D eigenvalue weighted by molar-refractivity contribution is -0.291. The Labute approximate surface area is 198 Å². The summed E-state index contributed by atoms with van der Waals surface area (Å²) in [7, 11) is 0. The Morgan fingerprint density at radius 3 is 1.76 bits per heavy atom. The molecule has 2 aliphatic heterocycles. The molecule has 4 fully saturated rings. The van der Waals surface area contributed by atoms with Gasteiger partial charge in [-0.1, -0.05) is 6.08 Å². The number of hydrogen-bond acceptors (Lipinski definition) is 4.